The molecule has 0 amide bonds. The zero-order valence-electron chi connectivity index (χ0n) is 16.5. The van der Waals surface area contributed by atoms with Gasteiger partial charge in [0.25, 0.3) is 0 Å². The van der Waals surface area contributed by atoms with Crippen LogP contribution in [0.2, 0.25) is 0 Å². The molecular weight excluding hydrogens is 394 g/mol. The number of benzene rings is 2. The third-order valence-corrected chi connectivity index (χ3v) is 6.91. The molecule has 1 aliphatic heterocycles. The monoisotopic (exact) mass is 417 g/mol. The number of methoxy groups -OCH3 is 2. The molecule has 1 atom stereocenters. The summed E-state index contributed by atoms with van der Waals surface area (Å²) in [7, 11) is -1.58. The molecule has 0 aliphatic carbocycles. The van der Waals surface area contributed by atoms with E-state index in [2.05, 4.69) is 0 Å². The SMILES string of the molecule is COC(=O)c1cc(C(=O)OC)cc(S(=O)(=O)N2CCCC2c2ccc(C)cc2)c1. The van der Waals surface area contributed by atoms with Gasteiger partial charge in [-0.3, -0.25) is 0 Å². The zero-order chi connectivity index (χ0) is 21.2. The molecule has 0 N–H and O–H groups in total. The van der Waals surface area contributed by atoms with Gasteiger partial charge in [0.15, 0.2) is 0 Å². The minimum absolute atomic E-state index is 0.0277. The fourth-order valence-electron chi connectivity index (χ4n) is 3.50. The number of hydrogen-bond donors (Lipinski definition) is 0. The van der Waals surface area contributed by atoms with Crippen LogP contribution in [0.5, 0.6) is 0 Å². The highest BCUT2D eigenvalue weighted by molar-refractivity contribution is 7.89. The van der Waals surface area contributed by atoms with Gasteiger partial charge in [0, 0.05) is 6.54 Å². The van der Waals surface area contributed by atoms with Crippen molar-refractivity contribution in [2.45, 2.75) is 30.7 Å². The first-order valence-corrected chi connectivity index (χ1v) is 10.6. The Kier molecular flexibility index (Phi) is 6.04. The topological polar surface area (TPSA) is 90.0 Å². The van der Waals surface area contributed by atoms with Crippen LogP contribution in [-0.4, -0.2) is 45.4 Å². The van der Waals surface area contributed by atoms with Gasteiger partial charge in [0.2, 0.25) is 10.0 Å². The van der Waals surface area contributed by atoms with Crippen LogP contribution >= 0.6 is 0 Å². The Bertz CT molecular complexity index is 995. The fraction of sp³-hybridized carbons (Fsp3) is 0.333. The summed E-state index contributed by atoms with van der Waals surface area (Å²) in [6.45, 7) is 2.33. The Balaban J connectivity index is 2.06. The lowest BCUT2D eigenvalue weighted by atomic mass is 10.0. The highest BCUT2D eigenvalue weighted by Crippen LogP contribution is 2.37. The van der Waals surface area contributed by atoms with Gasteiger partial charge in [0.1, 0.15) is 0 Å². The van der Waals surface area contributed by atoms with Gasteiger partial charge in [-0.15, -0.1) is 0 Å². The highest BCUT2D eigenvalue weighted by atomic mass is 32.2. The minimum Gasteiger partial charge on any atom is -0.465 e. The average molecular weight is 417 g/mol. The molecule has 0 bridgehead atoms. The van der Waals surface area contributed by atoms with Gasteiger partial charge >= 0.3 is 11.9 Å². The van der Waals surface area contributed by atoms with Crippen LogP contribution in [0.1, 0.15) is 50.7 Å². The molecule has 7 nitrogen and oxygen atoms in total. The van der Waals surface area contributed by atoms with Gasteiger partial charge in [-0.05, 0) is 43.5 Å². The van der Waals surface area contributed by atoms with Gasteiger partial charge < -0.3 is 9.47 Å². The van der Waals surface area contributed by atoms with Crippen molar-refractivity contribution in [3.8, 4) is 0 Å². The van der Waals surface area contributed by atoms with Crippen LogP contribution in [-0.2, 0) is 19.5 Å². The van der Waals surface area contributed by atoms with Crippen LogP contribution in [0.25, 0.3) is 0 Å². The van der Waals surface area contributed by atoms with Crippen molar-refractivity contribution in [1.29, 1.82) is 0 Å². The molecule has 0 radical (unpaired) electrons. The van der Waals surface area contributed by atoms with E-state index in [0.717, 1.165) is 17.5 Å². The van der Waals surface area contributed by atoms with Crippen molar-refractivity contribution in [1.82, 2.24) is 4.31 Å². The van der Waals surface area contributed by atoms with Crippen molar-refractivity contribution >= 4 is 22.0 Å². The maximum atomic E-state index is 13.4. The smallest absolute Gasteiger partial charge is 0.337 e. The first kappa shape index (κ1) is 21.0. The molecule has 1 fully saturated rings. The Labute approximate surface area is 170 Å². The van der Waals surface area contributed by atoms with Gasteiger partial charge in [0.05, 0.1) is 36.3 Å². The summed E-state index contributed by atoms with van der Waals surface area (Å²) in [5.41, 5.74) is 1.95. The molecule has 1 saturated heterocycles. The minimum atomic E-state index is -3.96. The summed E-state index contributed by atoms with van der Waals surface area (Å²) < 4.78 is 37.7. The Hall–Kier alpha value is -2.71. The first-order valence-electron chi connectivity index (χ1n) is 9.18. The second-order valence-electron chi connectivity index (χ2n) is 6.91. The molecule has 0 saturated carbocycles. The molecule has 29 heavy (non-hydrogen) atoms. The largest absolute Gasteiger partial charge is 0.465 e. The van der Waals surface area contributed by atoms with E-state index < -0.39 is 22.0 Å². The molecule has 8 heteroatoms. The third-order valence-electron chi connectivity index (χ3n) is 5.02. The number of ether oxygens (including phenoxy) is 2. The number of esters is 2. The normalized spacial score (nSPS) is 17.1. The summed E-state index contributed by atoms with van der Waals surface area (Å²) in [5.74, 6) is -1.47. The van der Waals surface area contributed by atoms with Crippen molar-refractivity contribution < 1.29 is 27.5 Å². The summed E-state index contributed by atoms with van der Waals surface area (Å²) in [6, 6.07) is 11.2. The Morgan fingerprint density at radius 1 is 0.966 bits per heavy atom. The number of rotatable bonds is 5. The standard InChI is InChI=1S/C21H23NO6S/c1-14-6-8-15(9-7-14)19-5-4-10-22(19)29(25,26)18-12-16(20(23)27-2)11-17(13-18)21(24)28-3/h6-9,11-13,19H,4-5,10H2,1-3H3. The van der Waals surface area contributed by atoms with E-state index >= 15 is 0 Å². The van der Waals surface area contributed by atoms with Crippen molar-refractivity contribution in [3.63, 3.8) is 0 Å². The predicted molar refractivity (Wildman–Crippen MR) is 106 cm³/mol. The lowest BCUT2D eigenvalue weighted by Gasteiger charge is -2.25. The second kappa shape index (κ2) is 8.34. The van der Waals surface area contributed by atoms with Crippen LogP contribution in [0.4, 0.5) is 0 Å². The molecule has 1 aliphatic rings. The van der Waals surface area contributed by atoms with E-state index in [9.17, 15) is 18.0 Å². The maximum Gasteiger partial charge on any atom is 0.337 e. The van der Waals surface area contributed by atoms with Gasteiger partial charge in [-0.1, -0.05) is 29.8 Å². The summed E-state index contributed by atoms with van der Waals surface area (Å²) >= 11 is 0. The Morgan fingerprint density at radius 2 is 1.52 bits per heavy atom. The first-order chi connectivity index (χ1) is 13.8. The molecule has 2 aromatic rings. The lowest BCUT2D eigenvalue weighted by molar-refractivity contribution is 0.0598. The molecular formula is C21H23NO6S. The van der Waals surface area contributed by atoms with Crippen LogP contribution in [0.15, 0.2) is 47.4 Å². The van der Waals surface area contributed by atoms with E-state index in [1.54, 1.807) is 0 Å². The van der Waals surface area contributed by atoms with Crippen LogP contribution in [0, 0.1) is 6.92 Å². The summed E-state index contributed by atoms with van der Waals surface area (Å²) in [4.78, 5) is 23.9. The van der Waals surface area contributed by atoms with Crippen LogP contribution < -0.4 is 0 Å². The number of aryl methyl sites for hydroxylation is 1. The van der Waals surface area contributed by atoms with E-state index in [4.69, 9.17) is 9.47 Å². The number of carbonyl (C=O) groups excluding carboxylic acids is 2. The Morgan fingerprint density at radius 3 is 2.03 bits per heavy atom. The molecule has 2 aromatic carbocycles. The number of nitrogens with zero attached hydrogens (tertiary/aromatic N) is 1. The predicted octanol–water partition coefficient (Wildman–Crippen LogP) is 3.09. The van der Waals surface area contributed by atoms with Gasteiger partial charge in [-0.2, -0.15) is 4.31 Å². The maximum absolute atomic E-state index is 13.4. The average Bonchev–Trinajstić information content (AvgIpc) is 3.23. The lowest BCUT2D eigenvalue weighted by Crippen LogP contribution is -2.31. The fourth-order valence-corrected chi connectivity index (χ4v) is 5.26. The van der Waals surface area contributed by atoms with E-state index in [1.807, 2.05) is 31.2 Å². The molecule has 1 heterocycles. The van der Waals surface area contributed by atoms with Crippen molar-refractivity contribution in [3.05, 3.63) is 64.7 Å². The van der Waals surface area contributed by atoms with E-state index in [0.29, 0.717) is 13.0 Å². The van der Waals surface area contributed by atoms with E-state index in [1.165, 1.54) is 36.7 Å². The quantitative estimate of drug-likeness (QED) is 0.695. The number of hydrogen-bond acceptors (Lipinski definition) is 6. The third kappa shape index (κ3) is 4.18. The van der Waals surface area contributed by atoms with E-state index in [-0.39, 0.29) is 22.1 Å². The van der Waals surface area contributed by atoms with Gasteiger partial charge in [-0.25, -0.2) is 18.0 Å². The molecule has 1 unspecified atom stereocenters. The number of sulfonamides is 1. The second-order valence-corrected chi connectivity index (χ2v) is 8.80. The molecule has 0 aromatic heterocycles. The molecule has 154 valence electrons. The summed E-state index contributed by atoms with van der Waals surface area (Å²) in [6.07, 6.45) is 1.42. The zero-order valence-corrected chi connectivity index (χ0v) is 17.4. The van der Waals surface area contributed by atoms with Crippen LogP contribution in [0.3, 0.4) is 0 Å². The highest BCUT2D eigenvalue weighted by Gasteiger charge is 2.37. The summed E-state index contributed by atoms with van der Waals surface area (Å²) in [5, 5.41) is 0. The van der Waals surface area contributed by atoms with Crippen molar-refractivity contribution in [2.24, 2.45) is 0 Å². The molecule has 3 rings (SSSR count). The molecule has 0 spiro atoms. The number of carbonyl (C=O) groups is 2. The van der Waals surface area contributed by atoms with Crippen molar-refractivity contribution in [2.75, 3.05) is 20.8 Å².